The average molecular weight is 373 g/mol. The van der Waals surface area contributed by atoms with E-state index in [0.29, 0.717) is 6.61 Å². The number of rotatable bonds is 19. The van der Waals surface area contributed by atoms with Gasteiger partial charge in [0.15, 0.2) is 0 Å². The smallest absolute Gasteiger partial charge is 0.349 e. The molecule has 25 heavy (non-hydrogen) atoms. The average Bonchev–Trinajstić information content (AvgIpc) is 2.60. The highest BCUT2D eigenvalue weighted by molar-refractivity contribution is 6.40. The summed E-state index contributed by atoms with van der Waals surface area (Å²) in [6.45, 7) is 6.08. The van der Waals surface area contributed by atoms with Crippen LogP contribution in [0.2, 0.25) is 0 Å². The van der Waals surface area contributed by atoms with E-state index in [2.05, 4.69) is 13.5 Å². The molecule has 0 N–H and O–H groups in total. The fraction of sp³-hybridized carbons (Fsp3) is 0.864. The SMILES string of the molecule is C=C(Cl)C(=O)OCCCCCCCCCCCCCCCCCCC. The molecule has 148 valence electrons. The van der Waals surface area contributed by atoms with Gasteiger partial charge in [0.1, 0.15) is 5.03 Å². The van der Waals surface area contributed by atoms with Gasteiger partial charge in [-0.15, -0.1) is 0 Å². The second-order valence-corrected chi connectivity index (χ2v) is 7.65. The van der Waals surface area contributed by atoms with Gasteiger partial charge in [0.05, 0.1) is 6.61 Å². The minimum absolute atomic E-state index is 0.0352. The van der Waals surface area contributed by atoms with Crippen molar-refractivity contribution in [2.45, 2.75) is 116 Å². The van der Waals surface area contributed by atoms with Crippen LogP contribution in [-0.4, -0.2) is 12.6 Å². The number of hydrogen-bond donors (Lipinski definition) is 0. The highest BCUT2D eigenvalue weighted by atomic mass is 35.5. The topological polar surface area (TPSA) is 26.3 Å². The molecule has 0 aliphatic heterocycles. The summed E-state index contributed by atoms with van der Waals surface area (Å²) < 4.78 is 4.96. The lowest BCUT2D eigenvalue weighted by atomic mass is 10.0. The van der Waals surface area contributed by atoms with Crippen molar-refractivity contribution in [3.8, 4) is 0 Å². The molecule has 0 heterocycles. The quantitative estimate of drug-likeness (QED) is 0.131. The van der Waals surface area contributed by atoms with Crippen LogP contribution in [0.5, 0.6) is 0 Å². The van der Waals surface area contributed by atoms with Gasteiger partial charge in [0.2, 0.25) is 0 Å². The third-order valence-electron chi connectivity index (χ3n) is 4.70. The Balaban J connectivity index is 3.05. The lowest BCUT2D eigenvalue weighted by Gasteiger charge is -2.04. The maximum absolute atomic E-state index is 11.1. The first-order chi connectivity index (χ1) is 12.2. The molecule has 0 rings (SSSR count). The molecule has 0 aromatic rings. The summed E-state index contributed by atoms with van der Waals surface area (Å²) in [5.41, 5.74) is 0. The zero-order valence-corrected chi connectivity index (χ0v) is 17.4. The summed E-state index contributed by atoms with van der Waals surface area (Å²) in [6.07, 6.45) is 22.9. The second-order valence-electron chi connectivity index (χ2n) is 7.20. The Morgan fingerprint density at radius 3 is 1.32 bits per heavy atom. The number of hydrogen-bond acceptors (Lipinski definition) is 2. The minimum atomic E-state index is -0.488. The Kier molecular flexibility index (Phi) is 19.4. The number of unbranched alkanes of at least 4 members (excludes halogenated alkanes) is 16. The Bertz CT molecular complexity index is 315. The van der Waals surface area contributed by atoms with Crippen LogP contribution >= 0.6 is 11.6 Å². The first-order valence-electron chi connectivity index (χ1n) is 10.7. The van der Waals surface area contributed by atoms with Gasteiger partial charge in [-0.05, 0) is 6.42 Å². The maximum Gasteiger partial charge on any atom is 0.349 e. The molecule has 0 aromatic carbocycles. The number of ether oxygens (including phenoxy) is 1. The summed E-state index contributed by atoms with van der Waals surface area (Å²) in [5.74, 6) is -0.488. The number of carbonyl (C=O) groups is 1. The van der Waals surface area contributed by atoms with Crippen molar-refractivity contribution in [3.05, 3.63) is 11.6 Å². The first-order valence-corrected chi connectivity index (χ1v) is 11.1. The van der Waals surface area contributed by atoms with Gasteiger partial charge in [-0.1, -0.05) is 128 Å². The van der Waals surface area contributed by atoms with E-state index in [1.165, 1.54) is 96.3 Å². The molecule has 0 saturated heterocycles. The van der Waals surface area contributed by atoms with Gasteiger partial charge in [0.25, 0.3) is 0 Å². The van der Waals surface area contributed by atoms with Gasteiger partial charge >= 0.3 is 5.97 Å². The predicted molar refractivity (Wildman–Crippen MR) is 110 cm³/mol. The maximum atomic E-state index is 11.1. The molecular weight excluding hydrogens is 332 g/mol. The van der Waals surface area contributed by atoms with Crippen LogP contribution in [0.15, 0.2) is 11.6 Å². The molecule has 0 amide bonds. The molecule has 0 aliphatic carbocycles. The van der Waals surface area contributed by atoms with Crippen LogP contribution in [0.1, 0.15) is 116 Å². The molecule has 0 spiro atoms. The zero-order valence-electron chi connectivity index (χ0n) is 16.6. The molecule has 3 heteroatoms. The standard InChI is InChI=1S/C22H41ClO2/c1-3-4-5-6-7-8-9-10-11-12-13-14-15-16-17-18-19-20-25-22(24)21(2)23/h2-20H2,1H3. The number of halogens is 1. The van der Waals surface area contributed by atoms with Crippen molar-refractivity contribution in [2.75, 3.05) is 6.61 Å². The largest absolute Gasteiger partial charge is 0.461 e. The van der Waals surface area contributed by atoms with Crippen molar-refractivity contribution in [1.29, 1.82) is 0 Å². The zero-order chi connectivity index (χ0) is 18.6. The van der Waals surface area contributed by atoms with Crippen molar-refractivity contribution in [2.24, 2.45) is 0 Å². The van der Waals surface area contributed by atoms with Crippen LogP contribution in [0.25, 0.3) is 0 Å². The summed E-state index contributed by atoms with van der Waals surface area (Å²) in [4.78, 5) is 11.1. The van der Waals surface area contributed by atoms with E-state index in [0.717, 1.165) is 12.8 Å². The Labute approximate surface area is 161 Å². The van der Waals surface area contributed by atoms with Gasteiger partial charge in [0, 0.05) is 0 Å². The Morgan fingerprint density at radius 2 is 1.00 bits per heavy atom. The first kappa shape index (κ1) is 24.5. The Morgan fingerprint density at radius 1 is 0.680 bits per heavy atom. The fourth-order valence-electron chi connectivity index (χ4n) is 3.07. The monoisotopic (exact) mass is 372 g/mol. The number of carbonyl (C=O) groups excluding carboxylic acids is 1. The van der Waals surface area contributed by atoms with Crippen molar-refractivity contribution in [1.82, 2.24) is 0 Å². The molecule has 0 atom stereocenters. The normalized spacial score (nSPS) is 10.8. The van der Waals surface area contributed by atoms with Crippen molar-refractivity contribution >= 4 is 17.6 Å². The van der Waals surface area contributed by atoms with E-state index >= 15 is 0 Å². The van der Waals surface area contributed by atoms with Gasteiger partial charge in [-0.3, -0.25) is 0 Å². The molecule has 0 aromatic heterocycles. The number of esters is 1. The molecule has 0 unspecified atom stereocenters. The fourth-order valence-corrected chi connectivity index (χ4v) is 3.12. The van der Waals surface area contributed by atoms with E-state index in [-0.39, 0.29) is 5.03 Å². The van der Waals surface area contributed by atoms with Gasteiger partial charge < -0.3 is 4.74 Å². The summed E-state index contributed by atoms with van der Waals surface area (Å²) >= 11 is 5.44. The molecular formula is C22H41ClO2. The Hall–Kier alpha value is -0.500. The van der Waals surface area contributed by atoms with E-state index in [1.54, 1.807) is 0 Å². The molecule has 0 aliphatic rings. The van der Waals surface area contributed by atoms with E-state index in [1.807, 2.05) is 0 Å². The molecule has 0 saturated carbocycles. The summed E-state index contributed by atoms with van der Waals surface area (Å²) in [7, 11) is 0. The minimum Gasteiger partial charge on any atom is -0.461 e. The van der Waals surface area contributed by atoms with Crippen molar-refractivity contribution < 1.29 is 9.53 Å². The lowest BCUT2D eigenvalue weighted by molar-refractivity contribution is -0.138. The third kappa shape index (κ3) is 19.7. The lowest BCUT2D eigenvalue weighted by Crippen LogP contribution is -2.04. The van der Waals surface area contributed by atoms with Crippen molar-refractivity contribution in [3.63, 3.8) is 0 Å². The molecule has 0 radical (unpaired) electrons. The highest BCUT2D eigenvalue weighted by Crippen LogP contribution is 2.14. The van der Waals surface area contributed by atoms with Crippen LogP contribution < -0.4 is 0 Å². The van der Waals surface area contributed by atoms with Gasteiger partial charge in [-0.25, -0.2) is 4.79 Å². The van der Waals surface area contributed by atoms with Crippen LogP contribution in [0.3, 0.4) is 0 Å². The van der Waals surface area contributed by atoms with Gasteiger partial charge in [-0.2, -0.15) is 0 Å². The summed E-state index contributed by atoms with van der Waals surface area (Å²) in [6, 6.07) is 0. The molecule has 0 bridgehead atoms. The predicted octanol–water partition coefficient (Wildman–Crippen LogP) is 7.93. The van der Waals surface area contributed by atoms with Crippen LogP contribution in [0.4, 0.5) is 0 Å². The van der Waals surface area contributed by atoms with E-state index in [9.17, 15) is 4.79 Å². The molecule has 2 nitrogen and oxygen atoms in total. The summed E-state index contributed by atoms with van der Waals surface area (Å²) in [5, 5.41) is -0.0352. The third-order valence-corrected chi connectivity index (χ3v) is 4.86. The van der Waals surface area contributed by atoms with Crippen LogP contribution in [-0.2, 0) is 9.53 Å². The van der Waals surface area contributed by atoms with E-state index in [4.69, 9.17) is 16.3 Å². The van der Waals surface area contributed by atoms with E-state index < -0.39 is 5.97 Å². The second kappa shape index (κ2) is 19.8. The highest BCUT2D eigenvalue weighted by Gasteiger charge is 2.03. The van der Waals surface area contributed by atoms with Crippen LogP contribution in [0, 0.1) is 0 Å². The molecule has 0 fully saturated rings.